The number of hydrogen-bond donors (Lipinski definition) is 0. The van der Waals surface area contributed by atoms with Crippen LogP contribution in [0.3, 0.4) is 0 Å². The van der Waals surface area contributed by atoms with Crippen molar-refractivity contribution in [3.63, 3.8) is 0 Å². The zero-order valence-electron chi connectivity index (χ0n) is 7.03. The van der Waals surface area contributed by atoms with Crippen molar-refractivity contribution in [1.82, 2.24) is 0 Å². The first kappa shape index (κ1) is 6.28. The Bertz CT molecular complexity index is 412. The fourth-order valence-electron chi connectivity index (χ4n) is 2.51. The van der Waals surface area contributed by atoms with Crippen molar-refractivity contribution in [3.8, 4) is 0 Å². The lowest BCUT2D eigenvalue weighted by Gasteiger charge is -2.32. The predicted octanol–water partition coefficient (Wildman–Crippen LogP) is 3.49. The molecule has 1 spiro atoms. The normalized spacial score (nSPS) is 30.8. The van der Waals surface area contributed by atoms with Crippen molar-refractivity contribution in [2.45, 2.75) is 0 Å². The van der Waals surface area contributed by atoms with Gasteiger partial charge in [-0.05, 0) is 48.6 Å². The van der Waals surface area contributed by atoms with Crippen LogP contribution in [0, 0.1) is 0 Å². The second-order valence-electron chi connectivity index (χ2n) is 3.56. The zero-order valence-corrected chi connectivity index (χ0v) is 7.84. The first-order chi connectivity index (χ1) is 6.42. The van der Waals surface area contributed by atoms with E-state index in [1.54, 1.807) is 0 Å². The third kappa shape index (κ3) is 0.455. The molecule has 0 saturated heterocycles. The van der Waals surface area contributed by atoms with E-state index in [0.717, 1.165) is 0 Å². The lowest BCUT2D eigenvalue weighted by atomic mass is 10.3. The first-order valence-corrected chi connectivity index (χ1v) is 6.09. The summed E-state index contributed by atoms with van der Waals surface area (Å²) >= 11 is 0. The summed E-state index contributed by atoms with van der Waals surface area (Å²) in [7, 11) is -0.796. The highest BCUT2D eigenvalue weighted by molar-refractivity contribution is 8.46. The van der Waals surface area contributed by atoms with Crippen LogP contribution in [0.25, 0.3) is 0 Å². The van der Waals surface area contributed by atoms with Gasteiger partial charge in [0, 0.05) is 19.6 Å². The molecule has 0 radical (unpaired) electrons. The van der Waals surface area contributed by atoms with Crippen molar-refractivity contribution < 1.29 is 0 Å². The monoisotopic (exact) mass is 184 g/mol. The smallest absolute Gasteiger partial charge is 0.00237 e. The van der Waals surface area contributed by atoms with Crippen molar-refractivity contribution in [1.29, 1.82) is 0 Å². The lowest BCUT2D eigenvalue weighted by Crippen LogP contribution is -1.92. The Morgan fingerprint density at radius 2 is 0.846 bits per heavy atom. The van der Waals surface area contributed by atoms with Gasteiger partial charge >= 0.3 is 0 Å². The highest BCUT2D eigenvalue weighted by atomic mass is 32.3. The quantitative estimate of drug-likeness (QED) is 0.540. The summed E-state index contributed by atoms with van der Waals surface area (Å²) in [5, 5.41) is 0. The number of rotatable bonds is 0. The molecule has 0 aromatic rings. The summed E-state index contributed by atoms with van der Waals surface area (Å²) in [6.45, 7) is 0. The van der Waals surface area contributed by atoms with Crippen LogP contribution < -0.4 is 0 Å². The third-order valence-electron chi connectivity index (χ3n) is 3.06. The SMILES string of the molecule is C1=CC2=CC=C1S21C2=CC=C1C=C2. The standard InChI is InChI=1S/C12H8S/c1-2-10-4-3-9(1)13(10)11-5-6-12(13)8-7-11/h1-8H. The van der Waals surface area contributed by atoms with Gasteiger partial charge in [0.15, 0.2) is 0 Å². The summed E-state index contributed by atoms with van der Waals surface area (Å²) in [5.41, 5.74) is 0. The van der Waals surface area contributed by atoms with E-state index in [-0.39, 0.29) is 0 Å². The maximum atomic E-state index is 2.28. The van der Waals surface area contributed by atoms with Gasteiger partial charge in [-0.2, -0.15) is 0 Å². The van der Waals surface area contributed by atoms with Gasteiger partial charge in [0.25, 0.3) is 0 Å². The lowest BCUT2D eigenvalue weighted by molar-refractivity contribution is 1.81. The maximum Gasteiger partial charge on any atom is 0.00237 e. The van der Waals surface area contributed by atoms with Crippen LogP contribution in [0.5, 0.6) is 0 Å². The minimum atomic E-state index is -0.796. The second kappa shape index (κ2) is 1.68. The van der Waals surface area contributed by atoms with Crippen LogP contribution >= 0.6 is 10.0 Å². The molecule has 0 aromatic carbocycles. The average molecular weight is 184 g/mol. The molecule has 4 rings (SSSR count). The van der Waals surface area contributed by atoms with Crippen LogP contribution in [0.4, 0.5) is 0 Å². The molecule has 0 unspecified atom stereocenters. The van der Waals surface area contributed by atoms with Gasteiger partial charge in [0.1, 0.15) is 0 Å². The van der Waals surface area contributed by atoms with E-state index in [9.17, 15) is 0 Å². The van der Waals surface area contributed by atoms with Crippen LogP contribution in [-0.4, -0.2) is 0 Å². The van der Waals surface area contributed by atoms with Gasteiger partial charge in [0.2, 0.25) is 0 Å². The molecule has 4 heterocycles. The summed E-state index contributed by atoms with van der Waals surface area (Å²) in [6.07, 6.45) is 18.3. The summed E-state index contributed by atoms with van der Waals surface area (Å²) in [6, 6.07) is 0. The molecule has 1 heteroatoms. The molecule has 0 aliphatic carbocycles. The van der Waals surface area contributed by atoms with E-state index in [1.807, 2.05) is 0 Å². The van der Waals surface area contributed by atoms with E-state index in [2.05, 4.69) is 48.6 Å². The summed E-state index contributed by atoms with van der Waals surface area (Å²) in [4.78, 5) is 6.12. The van der Waals surface area contributed by atoms with Crippen LogP contribution in [0.1, 0.15) is 0 Å². The van der Waals surface area contributed by atoms with Gasteiger partial charge in [0.05, 0.1) is 0 Å². The van der Waals surface area contributed by atoms with E-state index >= 15 is 0 Å². The topological polar surface area (TPSA) is 0 Å². The van der Waals surface area contributed by atoms with Crippen LogP contribution in [0.15, 0.2) is 68.2 Å². The number of hydrogen-bond acceptors (Lipinski definition) is 0. The van der Waals surface area contributed by atoms with E-state index in [0.29, 0.717) is 0 Å². The molecule has 4 aliphatic rings. The van der Waals surface area contributed by atoms with Crippen molar-refractivity contribution in [2.24, 2.45) is 0 Å². The van der Waals surface area contributed by atoms with E-state index in [1.165, 1.54) is 19.6 Å². The van der Waals surface area contributed by atoms with Gasteiger partial charge in [-0.1, -0.05) is 0 Å². The molecule has 0 N–H and O–H groups in total. The van der Waals surface area contributed by atoms with Crippen molar-refractivity contribution in [3.05, 3.63) is 68.2 Å². The largest absolute Gasteiger partial charge is 0.133 e. The summed E-state index contributed by atoms with van der Waals surface area (Å²) in [5.74, 6) is 0. The molecule has 0 nitrogen and oxygen atoms in total. The third-order valence-corrected chi connectivity index (χ3v) is 6.98. The highest BCUT2D eigenvalue weighted by Crippen LogP contribution is 2.82. The van der Waals surface area contributed by atoms with Gasteiger partial charge in [-0.3, -0.25) is 0 Å². The molecule has 4 bridgehead atoms. The first-order valence-electron chi connectivity index (χ1n) is 4.46. The van der Waals surface area contributed by atoms with E-state index < -0.39 is 10.0 Å². The maximum absolute atomic E-state index is 2.28. The number of allylic oxidation sites excluding steroid dienone is 8. The van der Waals surface area contributed by atoms with Gasteiger partial charge in [-0.25, -0.2) is 0 Å². The van der Waals surface area contributed by atoms with Gasteiger partial charge < -0.3 is 0 Å². The summed E-state index contributed by atoms with van der Waals surface area (Å²) < 4.78 is 0. The molecule has 13 heavy (non-hydrogen) atoms. The molecule has 62 valence electrons. The Balaban J connectivity index is 2.13. The molecule has 0 atom stereocenters. The van der Waals surface area contributed by atoms with E-state index in [4.69, 9.17) is 0 Å². The fourth-order valence-corrected chi connectivity index (χ4v) is 6.32. The van der Waals surface area contributed by atoms with Crippen LogP contribution in [0.2, 0.25) is 0 Å². The molecule has 0 amide bonds. The molecule has 0 fully saturated rings. The molecule has 4 aliphatic heterocycles. The molecule has 0 saturated carbocycles. The Morgan fingerprint density at radius 3 is 1.08 bits per heavy atom. The van der Waals surface area contributed by atoms with Gasteiger partial charge in [-0.15, -0.1) is 10.0 Å². The molecule has 0 aromatic heterocycles. The predicted molar refractivity (Wildman–Crippen MR) is 58.2 cm³/mol. The van der Waals surface area contributed by atoms with Crippen molar-refractivity contribution >= 4 is 10.0 Å². The second-order valence-corrected chi connectivity index (χ2v) is 6.67. The van der Waals surface area contributed by atoms with Crippen molar-refractivity contribution in [2.75, 3.05) is 0 Å². The molecular formula is C12H8S. The highest BCUT2D eigenvalue weighted by Gasteiger charge is 2.45. The Kier molecular flexibility index (Phi) is 0.812. The molecular weight excluding hydrogens is 176 g/mol. The average Bonchev–Trinajstić information content (AvgIpc) is 2.92. The minimum absolute atomic E-state index is 0.796. The fraction of sp³-hybridized carbons (Fsp3) is 0. The Labute approximate surface area is 78.7 Å². The Hall–Kier alpha value is -1.21. The van der Waals surface area contributed by atoms with Crippen LogP contribution in [-0.2, 0) is 0 Å². The minimum Gasteiger partial charge on any atom is -0.133 e. The Morgan fingerprint density at radius 1 is 0.538 bits per heavy atom. The zero-order chi connectivity index (χ0) is 8.47.